The molecule has 4 heteroatoms. The standard InChI is InChI=1S/C12H24N2O2/c1-4-6-11(12(15)16)14-8-7-13(3)10(5-2)9-14/h10-11H,4-9H2,1-3H3,(H,15,16). The van der Waals surface area contributed by atoms with Crippen LogP contribution in [0.5, 0.6) is 0 Å². The first-order chi connectivity index (χ1) is 7.60. The monoisotopic (exact) mass is 228 g/mol. The third-order valence-electron chi connectivity index (χ3n) is 3.57. The zero-order valence-electron chi connectivity index (χ0n) is 10.6. The first-order valence-electron chi connectivity index (χ1n) is 6.27. The second kappa shape index (κ2) is 6.21. The number of carboxylic acids is 1. The van der Waals surface area contributed by atoms with Crippen LogP contribution in [0.3, 0.4) is 0 Å². The Morgan fingerprint density at radius 1 is 1.44 bits per heavy atom. The van der Waals surface area contributed by atoms with E-state index in [1.807, 2.05) is 6.92 Å². The average Bonchev–Trinajstić information content (AvgIpc) is 2.26. The predicted molar refractivity (Wildman–Crippen MR) is 64.6 cm³/mol. The van der Waals surface area contributed by atoms with E-state index in [-0.39, 0.29) is 6.04 Å². The van der Waals surface area contributed by atoms with E-state index in [0.29, 0.717) is 6.04 Å². The quantitative estimate of drug-likeness (QED) is 0.769. The molecule has 0 radical (unpaired) electrons. The molecule has 0 saturated carbocycles. The van der Waals surface area contributed by atoms with Crippen LogP contribution in [0.2, 0.25) is 0 Å². The van der Waals surface area contributed by atoms with Crippen molar-refractivity contribution in [2.75, 3.05) is 26.7 Å². The second-order valence-electron chi connectivity index (χ2n) is 4.68. The highest BCUT2D eigenvalue weighted by Crippen LogP contribution is 2.16. The molecule has 0 aliphatic carbocycles. The third-order valence-corrected chi connectivity index (χ3v) is 3.57. The molecule has 1 N–H and O–H groups in total. The minimum atomic E-state index is -0.666. The molecule has 0 amide bonds. The largest absolute Gasteiger partial charge is 0.480 e. The number of carbonyl (C=O) groups is 1. The lowest BCUT2D eigenvalue weighted by atomic mass is 10.1. The molecule has 2 unspecified atom stereocenters. The number of rotatable bonds is 5. The lowest BCUT2D eigenvalue weighted by Crippen LogP contribution is -2.56. The molecule has 2 atom stereocenters. The van der Waals surface area contributed by atoms with Gasteiger partial charge in [-0.3, -0.25) is 9.69 Å². The fourth-order valence-electron chi connectivity index (χ4n) is 2.43. The van der Waals surface area contributed by atoms with Gasteiger partial charge in [0.15, 0.2) is 0 Å². The molecule has 4 nitrogen and oxygen atoms in total. The van der Waals surface area contributed by atoms with Gasteiger partial charge in [0.2, 0.25) is 0 Å². The Labute approximate surface area is 98.2 Å². The van der Waals surface area contributed by atoms with Crippen LogP contribution in [0.1, 0.15) is 33.1 Å². The van der Waals surface area contributed by atoms with Crippen molar-refractivity contribution in [3.05, 3.63) is 0 Å². The first-order valence-corrected chi connectivity index (χ1v) is 6.27. The Hall–Kier alpha value is -0.610. The third kappa shape index (κ3) is 3.19. The summed E-state index contributed by atoms with van der Waals surface area (Å²) in [5, 5.41) is 9.23. The number of hydrogen-bond donors (Lipinski definition) is 1. The van der Waals surface area contributed by atoms with E-state index in [1.54, 1.807) is 0 Å². The summed E-state index contributed by atoms with van der Waals surface area (Å²) in [5.74, 6) is -0.666. The lowest BCUT2D eigenvalue weighted by molar-refractivity contribution is -0.144. The second-order valence-corrected chi connectivity index (χ2v) is 4.68. The fraction of sp³-hybridized carbons (Fsp3) is 0.917. The maximum atomic E-state index is 11.2. The van der Waals surface area contributed by atoms with E-state index >= 15 is 0 Å². The average molecular weight is 228 g/mol. The highest BCUT2D eigenvalue weighted by Gasteiger charge is 2.30. The van der Waals surface area contributed by atoms with Gasteiger partial charge < -0.3 is 10.0 Å². The predicted octanol–water partition coefficient (Wildman–Crippen LogP) is 1.27. The van der Waals surface area contributed by atoms with E-state index in [9.17, 15) is 9.90 Å². The number of aliphatic carboxylic acids is 1. The zero-order valence-corrected chi connectivity index (χ0v) is 10.6. The summed E-state index contributed by atoms with van der Waals surface area (Å²) in [6.07, 6.45) is 2.78. The molecule has 1 saturated heterocycles. The van der Waals surface area contributed by atoms with Gasteiger partial charge in [0.1, 0.15) is 6.04 Å². The number of likely N-dealkylation sites (N-methyl/N-ethyl adjacent to an activating group) is 1. The van der Waals surface area contributed by atoms with Crippen LogP contribution in [0, 0.1) is 0 Å². The Kier molecular flexibility index (Phi) is 5.22. The minimum Gasteiger partial charge on any atom is -0.480 e. The molecule has 0 spiro atoms. The number of nitrogens with zero attached hydrogens (tertiary/aromatic N) is 2. The van der Waals surface area contributed by atoms with E-state index in [1.165, 1.54) is 0 Å². The molecule has 1 aliphatic rings. The Bertz CT molecular complexity index is 233. The van der Waals surface area contributed by atoms with Crippen LogP contribution in [0.25, 0.3) is 0 Å². The highest BCUT2D eigenvalue weighted by molar-refractivity contribution is 5.73. The number of piperazine rings is 1. The van der Waals surface area contributed by atoms with E-state index < -0.39 is 5.97 Å². The molecule has 16 heavy (non-hydrogen) atoms. The SMILES string of the molecule is CCCC(C(=O)O)N1CCN(C)C(CC)C1. The van der Waals surface area contributed by atoms with Gasteiger partial charge in [-0.05, 0) is 19.9 Å². The molecule has 0 aromatic carbocycles. The van der Waals surface area contributed by atoms with Crippen molar-refractivity contribution in [2.45, 2.75) is 45.2 Å². The summed E-state index contributed by atoms with van der Waals surface area (Å²) in [5.41, 5.74) is 0. The van der Waals surface area contributed by atoms with Gasteiger partial charge in [-0.2, -0.15) is 0 Å². The van der Waals surface area contributed by atoms with Crippen LogP contribution in [0.15, 0.2) is 0 Å². The Morgan fingerprint density at radius 3 is 2.62 bits per heavy atom. The van der Waals surface area contributed by atoms with Crippen molar-refractivity contribution in [3.8, 4) is 0 Å². The molecule has 1 aliphatic heterocycles. The van der Waals surface area contributed by atoms with Gasteiger partial charge >= 0.3 is 5.97 Å². The minimum absolute atomic E-state index is 0.284. The number of hydrogen-bond acceptors (Lipinski definition) is 3. The molecule has 0 aromatic rings. The van der Waals surface area contributed by atoms with Crippen molar-refractivity contribution in [3.63, 3.8) is 0 Å². The summed E-state index contributed by atoms with van der Waals surface area (Å²) in [6.45, 7) is 6.96. The molecule has 0 aromatic heterocycles. The summed E-state index contributed by atoms with van der Waals surface area (Å²) >= 11 is 0. The normalized spacial score (nSPS) is 25.6. The Balaban J connectivity index is 2.61. The molecule has 1 fully saturated rings. The zero-order chi connectivity index (χ0) is 12.1. The van der Waals surface area contributed by atoms with Crippen molar-refractivity contribution in [1.29, 1.82) is 0 Å². The molecule has 1 heterocycles. The summed E-state index contributed by atoms with van der Waals surface area (Å²) in [4.78, 5) is 15.7. The van der Waals surface area contributed by atoms with Gasteiger partial charge in [0.05, 0.1) is 0 Å². The highest BCUT2D eigenvalue weighted by atomic mass is 16.4. The topological polar surface area (TPSA) is 43.8 Å². The van der Waals surface area contributed by atoms with Crippen LogP contribution in [-0.2, 0) is 4.79 Å². The molecule has 94 valence electrons. The van der Waals surface area contributed by atoms with Gasteiger partial charge in [-0.25, -0.2) is 0 Å². The summed E-state index contributed by atoms with van der Waals surface area (Å²) < 4.78 is 0. The van der Waals surface area contributed by atoms with Crippen molar-refractivity contribution in [2.24, 2.45) is 0 Å². The van der Waals surface area contributed by atoms with Crippen LogP contribution in [0.4, 0.5) is 0 Å². The van der Waals surface area contributed by atoms with E-state index in [0.717, 1.165) is 38.9 Å². The summed E-state index contributed by atoms with van der Waals surface area (Å²) in [6, 6.07) is 0.222. The van der Waals surface area contributed by atoms with Gasteiger partial charge in [-0.1, -0.05) is 20.3 Å². The fourth-order valence-corrected chi connectivity index (χ4v) is 2.43. The summed E-state index contributed by atoms with van der Waals surface area (Å²) in [7, 11) is 2.13. The van der Waals surface area contributed by atoms with Gasteiger partial charge in [0.25, 0.3) is 0 Å². The van der Waals surface area contributed by atoms with Gasteiger partial charge in [-0.15, -0.1) is 0 Å². The maximum Gasteiger partial charge on any atom is 0.320 e. The maximum absolute atomic E-state index is 11.2. The number of carboxylic acid groups (broad SMARTS) is 1. The van der Waals surface area contributed by atoms with Crippen LogP contribution in [-0.4, -0.2) is 59.6 Å². The van der Waals surface area contributed by atoms with E-state index in [4.69, 9.17) is 0 Å². The van der Waals surface area contributed by atoms with E-state index in [2.05, 4.69) is 23.8 Å². The van der Waals surface area contributed by atoms with Crippen molar-refractivity contribution >= 4 is 5.97 Å². The molecule has 1 rings (SSSR count). The Morgan fingerprint density at radius 2 is 2.12 bits per heavy atom. The van der Waals surface area contributed by atoms with Gasteiger partial charge in [0, 0.05) is 25.7 Å². The smallest absolute Gasteiger partial charge is 0.320 e. The molecular formula is C12H24N2O2. The van der Waals surface area contributed by atoms with Crippen LogP contribution < -0.4 is 0 Å². The first kappa shape index (κ1) is 13.5. The van der Waals surface area contributed by atoms with Crippen molar-refractivity contribution in [1.82, 2.24) is 9.80 Å². The molecular weight excluding hydrogens is 204 g/mol. The lowest BCUT2D eigenvalue weighted by Gasteiger charge is -2.41. The van der Waals surface area contributed by atoms with Crippen molar-refractivity contribution < 1.29 is 9.90 Å². The molecule has 0 bridgehead atoms. The van der Waals surface area contributed by atoms with Crippen LogP contribution >= 0.6 is 0 Å².